The van der Waals surface area contributed by atoms with Crippen LogP contribution < -0.4 is 5.32 Å². The highest BCUT2D eigenvalue weighted by Gasteiger charge is 2.16. The number of thiophene rings is 2. The molecule has 1 atom stereocenters. The highest BCUT2D eigenvalue weighted by molar-refractivity contribution is 7.12. The predicted molar refractivity (Wildman–Crippen MR) is 91.6 cm³/mol. The molecule has 22 heavy (non-hydrogen) atoms. The first-order valence-electron chi connectivity index (χ1n) is 7.10. The van der Waals surface area contributed by atoms with Crippen molar-refractivity contribution in [3.8, 4) is 0 Å². The summed E-state index contributed by atoms with van der Waals surface area (Å²) >= 11 is 3.07. The van der Waals surface area contributed by atoms with Crippen LogP contribution >= 0.6 is 22.7 Å². The van der Waals surface area contributed by atoms with E-state index in [1.54, 1.807) is 17.4 Å². The topological polar surface area (TPSA) is 49.4 Å². The normalized spacial score (nSPS) is 12.3. The second-order valence-corrected chi connectivity index (χ2v) is 6.97. The number of likely N-dealkylation sites (N-methyl/N-ethyl adjacent to an activating group) is 1. The van der Waals surface area contributed by atoms with Gasteiger partial charge >= 0.3 is 0 Å². The Kier molecular flexibility index (Phi) is 6.30. The fraction of sp³-hybridized carbons (Fsp3) is 0.375. The molecule has 0 radical (unpaired) electrons. The van der Waals surface area contributed by atoms with Crippen LogP contribution in [0, 0.1) is 0 Å². The number of amides is 1. The number of Topliss-reactive ketones (excluding diaryl/α,β-unsaturated/α-hetero) is 1. The van der Waals surface area contributed by atoms with Crippen LogP contribution in [0.25, 0.3) is 0 Å². The average molecular weight is 336 g/mol. The molecule has 1 amide bonds. The maximum Gasteiger partial charge on any atom is 0.220 e. The van der Waals surface area contributed by atoms with E-state index in [0.29, 0.717) is 6.54 Å². The summed E-state index contributed by atoms with van der Waals surface area (Å²) in [5.74, 6) is -0.0425. The van der Waals surface area contributed by atoms with E-state index in [9.17, 15) is 9.59 Å². The largest absolute Gasteiger partial charge is 0.354 e. The smallest absolute Gasteiger partial charge is 0.220 e. The number of rotatable bonds is 8. The summed E-state index contributed by atoms with van der Waals surface area (Å²) in [6, 6.07) is 5.87. The minimum absolute atomic E-state index is 0.0344. The minimum atomic E-state index is -0.0769. The SMILES string of the molecule is CN(C)C(CNC(=O)CCC(=O)c1cccs1)c1ccsc1. The summed E-state index contributed by atoms with van der Waals surface area (Å²) in [4.78, 5) is 26.6. The van der Waals surface area contributed by atoms with Crippen molar-refractivity contribution >= 4 is 34.4 Å². The summed E-state index contributed by atoms with van der Waals surface area (Å²) in [5, 5.41) is 8.93. The lowest BCUT2D eigenvalue weighted by Gasteiger charge is -2.24. The van der Waals surface area contributed by atoms with E-state index in [1.807, 2.05) is 30.9 Å². The number of hydrogen-bond donors (Lipinski definition) is 1. The molecule has 0 saturated carbocycles. The Labute approximate surface area is 138 Å². The van der Waals surface area contributed by atoms with Crippen LogP contribution in [0.4, 0.5) is 0 Å². The zero-order valence-corrected chi connectivity index (χ0v) is 14.4. The molecular formula is C16H20N2O2S2. The molecule has 0 aliphatic rings. The number of carbonyl (C=O) groups excluding carboxylic acids is 2. The molecule has 0 spiro atoms. The molecule has 6 heteroatoms. The number of carbonyl (C=O) groups is 2. The van der Waals surface area contributed by atoms with Crippen molar-refractivity contribution in [2.45, 2.75) is 18.9 Å². The fourth-order valence-corrected chi connectivity index (χ4v) is 3.55. The lowest BCUT2D eigenvalue weighted by atomic mass is 10.1. The molecule has 0 aliphatic carbocycles. The lowest BCUT2D eigenvalue weighted by Crippen LogP contribution is -2.34. The van der Waals surface area contributed by atoms with Gasteiger partial charge in [-0.25, -0.2) is 0 Å². The number of hydrogen-bond acceptors (Lipinski definition) is 5. The molecule has 0 bridgehead atoms. The van der Waals surface area contributed by atoms with E-state index >= 15 is 0 Å². The van der Waals surface area contributed by atoms with Crippen molar-refractivity contribution in [2.24, 2.45) is 0 Å². The van der Waals surface area contributed by atoms with Crippen LogP contribution in [-0.4, -0.2) is 37.2 Å². The lowest BCUT2D eigenvalue weighted by molar-refractivity contribution is -0.121. The van der Waals surface area contributed by atoms with Crippen LogP contribution in [0.1, 0.15) is 34.1 Å². The Hall–Kier alpha value is -1.50. The van der Waals surface area contributed by atoms with Crippen LogP contribution in [0.15, 0.2) is 34.3 Å². The van der Waals surface area contributed by atoms with Gasteiger partial charge in [0.25, 0.3) is 0 Å². The van der Waals surface area contributed by atoms with Gasteiger partial charge in [-0.3, -0.25) is 9.59 Å². The van der Waals surface area contributed by atoms with Gasteiger partial charge in [-0.1, -0.05) is 6.07 Å². The average Bonchev–Trinajstić information content (AvgIpc) is 3.17. The molecule has 0 fully saturated rings. The molecule has 0 saturated heterocycles. The van der Waals surface area contributed by atoms with Gasteiger partial charge in [0.05, 0.1) is 10.9 Å². The Morgan fingerprint density at radius 1 is 1.23 bits per heavy atom. The highest BCUT2D eigenvalue weighted by atomic mass is 32.1. The van der Waals surface area contributed by atoms with E-state index < -0.39 is 0 Å². The molecule has 0 aliphatic heterocycles. The Balaban J connectivity index is 1.78. The zero-order chi connectivity index (χ0) is 15.9. The van der Waals surface area contributed by atoms with Crippen LogP contribution in [0.3, 0.4) is 0 Å². The maximum atomic E-state index is 11.9. The minimum Gasteiger partial charge on any atom is -0.354 e. The predicted octanol–water partition coefficient (Wildman–Crippen LogP) is 3.19. The van der Waals surface area contributed by atoms with Gasteiger partial charge in [0.1, 0.15) is 0 Å². The van der Waals surface area contributed by atoms with Gasteiger partial charge in [0, 0.05) is 19.4 Å². The quantitative estimate of drug-likeness (QED) is 0.753. The van der Waals surface area contributed by atoms with E-state index in [4.69, 9.17) is 0 Å². The molecule has 2 aromatic heterocycles. The van der Waals surface area contributed by atoms with Crippen molar-refractivity contribution < 1.29 is 9.59 Å². The van der Waals surface area contributed by atoms with Gasteiger partial charge in [-0.05, 0) is 47.9 Å². The Morgan fingerprint density at radius 3 is 2.64 bits per heavy atom. The van der Waals surface area contributed by atoms with E-state index in [-0.39, 0.29) is 30.6 Å². The van der Waals surface area contributed by atoms with Crippen molar-refractivity contribution in [1.29, 1.82) is 0 Å². The van der Waals surface area contributed by atoms with E-state index in [1.165, 1.54) is 16.9 Å². The first-order chi connectivity index (χ1) is 10.6. The Bertz CT molecular complexity index is 592. The molecule has 118 valence electrons. The number of nitrogens with one attached hydrogen (secondary N) is 1. The third-order valence-corrected chi connectivity index (χ3v) is 5.03. The first kappa shape index (κ1) is 16.9. The highest BCUT2D eigenvalue weighted by Crippen LogP contribution is 2.20. The zero-order valence-electron chi connectivity index (χ0n) is 12.7. The van der Waals surface area contributed by atoms with E-state index in [0.717, 1.165) is 4.88 Å². The summed E-state index contributed by atoms with van der Waals surface area (Å²) in [6.07, 6.45) is 0.498. The second-order valence-electron chi connectivity index (χ2n) is 5.24. The van der Waals surface area contributed by atoms with Crippen molar-refractivity contribution in [2.75, 3.05) is 20.6 Å². The monoisotopic (exact) mass is 336 g/mol. The first-order valence-corrected chi connectivity index (χ1v) is 8.92. The van der Waals surface area contributed by atoms with Crippen molar-refractivity contribution in [3.05, 3.63) is 44.8 Å². The maximum absolute atomic E-state index is 11.9. The van der Waals surface area contributed by atoms with Gasteiger partial charge < -0.3 is 10.2 Å². The second kappa shape index (κ2) is 8.22. The molecule has 2 heterocycles. The van der Waals surface area contributed by atoms with Gasteiger partial charge in [-0.15, -0.1) is 11.3 Å². The summed E-state index contributed by atoms with van der Waals surface area (Å²) in [6.45, 7) is 0.551. The van der Waals surface area contributed by atoms with Gasteiger partial charge in [0.15, 0.2) is 5.78 Å². The van der Waals surface area contributed by atoms with Crippen LogP contribution in [0.5, 0.6) is 0 Å². The Morgan fingerprint density at radius 2 is 2.05 bits per heavy atom. The standard InChI is InChI=1S/C16H20N2O2S2/c1-18(2)13(12-7-9-21-11-12)10-17-16(20)6-5-14(19)15-4-3-8-22-15/h3-4,7-9,11,13H,5-6,10H2,1-2H3,(H,17,20). The molecule has 2 aromatic rings. The third-order valence-electron chi connectivity index (χ3n) is 3.42. The summed E-state index contributed by atoms with van der Waals surface area (Å²) in [5.41, 5.74) is 1.20. The van der Waals surface area contributed by atoms with Crippen LogP contribution in [-0.2, 0) is 4.79 Å². The van der Waals surface area contributed by atoms with Crippen LogP contribution in [0.2, 0.25) is 0 Å². The molecule has 1 N–H and O–H groups in total. The number of ketones is 1. The van der Waals surface area contributed by atoms with E-state index in [2.05, 4.69) is 21.7 Å². The molecule has 0 aromatic carbocycles. The van der Waals surface area contributed by atoms with Crippen molar-refractivity contribution in [1.82, 2.24) is 10.2 Å². The fourth-order valence-electron chi connectivity index (χ4n) is 2.15. The molecular weight excluding hydrogens is 316 g/mol. The van der Waals surface area contributed by atoms with Gasteiger partial charge in [-0.2, -0.15) is 11.3 Å². The molecule has 4 nitrogen and oxygen atoms in total. The van der Waals surface area contributed by atoms with Crippen molar-refractivity contribution in [3.63, 3.8) is 0 Å². The molecule has 2 rings (SSSR count). The third kappa shape index (κ3) is 4.76. The summed E-state index contributed by atoms with van der Waals surface area (Å²) in [7, 11) is 3.99. The number of nitrogens with zero attached hydrogens (tertiary/aromatic N) is 1. The molecule has 1 unspecified atom stereocenters. The summed E-state index contributed by atoms with van der Waals surface area (Å²) < 4.78 is 0. The van der Waals surface area contributed by atoms with Gasteiger partial charge in [0.2, 0.25) is 5.91 Å².